The van der Waals surface area contributed by atoms with Crippen LogP contribution in [-0.4, -0.2) is 19.3 Å². The molecule has 0 radical (unpaired) electrons. The molecule has 0 aliphatic heterocycles. The van der Waals surface area contributed by atoms with Crippen molar-refractivity contribution in [3.8, 4) is 0 Å². The van der Waals surface area contributed by atoms with Gasteiger partial charge in [-0.05, 0) is 30.1 Å². The highest BCUT2D eigenvalue weighted by Crippen LogP contribution is 2.36. The molecule has 2 nitrogen and oxygen atoms in total. The Kier molecular flexibility index (Phi) is 5.46. The minimum atomic E-state index is 0.135. The van der Waals surface area contributed by atoms with Crippen molar-refractivity contribution in [3.63, 3.8) is 0 Å². The number of ether oxygens (including phenoxy) is 1. The van der Waals surface area contributed by atoms with Crippen LogP contribution in [0, 0.1) is 17.3 Å². The molecule has 17 heavy (non-hydrogen) atoms. The molecule has 0 heterocycles. The van der Waals surface area contributed by atoms with E-state index in [9.17, 15) is 0 Å². The fraction of sp³-hybridized carbons (Fsp3) is 1.00. The van der Waals surface area contributed by atoms with E-state index in [1.165, 1.54) is 32.1 Å². The Labute approximate surface area is 107 Å². The average molecular weight is 241 g/mol. The van der Waals surface area contributed by atoms with E-state index in [1.54, 1.807) is 7.11 Å². The van der Waals surface area contributed by atoms with Crippen molar-refractivity contribution >= 4 is 0 Å². The SMILES string of the molecule is CCC1CCC(C(N)C(OC)C(C)(C)C)CC1. The van der Waals surface area contributed by atoms with E-state index >= 15 is 0 Å². The maximum atomic E-state index is 6.45. The maximum absolute atomic E-state index is 6.45. The van der Waals surface area contributed by atoms with Gasteiger partial charge in [0.1, 0.15) is 0 Å². The maximum Gasteiger partial charge on any atom is 0.0772 e. The highest BCUT2D eigenvalue weighted by atomic mass is 16.5. The highest BCUT2D eigenvalue weighted by molar-refractivity contribution is 4.90. The Bertz CT molecular complexity index is 213. The summed E-state index contributed by atoms with van der Waals surface area (Å²) in [7, 11) is 1.80. The molecule has 0 amide bonds. The van der Waals surface area contributed by atoms with Gasteiger partial charge in [-0.15, -0.1) is 0 Å². The van der Waals surface area contributed by atoms with Crippen LogP contribution in [0.2, 0.25) is 0 Å². The van der Waals surface area contributed by atoms with Gasteiger partial charge in [0, 0.05) is 13.2 Å². The molecule has 0 aromatic carbocycles. The monoisotopic (exact) mass is 241 g/mol. The Morgan fingerprint density at radius 2 is 1.71 bits per heavy atom. The molecule has 2 atom stereocenters. The molecule has 1 aliphatic rings. The number of rotatable bonds is 4. The van der Waals surface area contributed by atoms with Gasteiger partial charge >= 0.3 is 0 Å². The molecule has 2 unspecified atom stereocenters. The van der Waals surface area contributed by atoms with E-state index in [1.807, 2.05) is 0 Å². The lowest BCUT2D eigenvalue weighted by Gasteiger charge is -2.40. The molecule has 0 saturated heterocycles. The molecule has 0 aromatic heterocycles. The first-order valence-electron chi connectivity index (χ1n) is 7.18. The Morgan fingerprint density at radius 3 is 2.06 bits per heavy atom. The second-order valence-electron chi connectivity index (χ2n) is 6.79. The second-order valence-corrected chi connectivity index (χ2v) is 6.79. The number of hydrogen-bond donors (Lipinski definition) is 1. The van der Waals surface area contributed by atoms with Gasteiger partial charge in [-0.25, -0.2) is 0 Å². The Hall–Kier alpha value is -0.0800. The summed E-state index contributed by atoms with van der Waals surface area (Å²) >= 11 is 0. The van der Waals surface area contributed by atoms with Crippen molar-refractivity contribution in [1.82, 2.24) is 0 Å². The van der Waals surface area contributed by atoms with Gasteiger partial charge in [-0.1, -0.05) is 47.0 Å². The molecule has 1 fully saturated rings. The lowest BCUT2D eigenvalue weighted by Crippen LogP contribution is -2.49. The summed E-state index contributed by atoms with van der Waals surface area (Å²) in [5.74, 6) is 1.59. The van der Waals surface area contributed by atoms with Crippen LogP contribution >= 0.6 is 0 Å². The normalized spacial score (nSPS) is 30.0. The molecule has 1 rings (SSSR count). The van der Waals surface area contributed by atoms with E-state index in [-0.39, 0.29) is 17.6 Å². The number of methoxy groups -OCH3 is 1. The zero-order valence-electron chi connectivity index (χ0n) is 12.3. The van der Waals surface area contributed by atoms with Gasteiger partial charge in [-0.3, -0.25) is 0 Å². The minimum absolute atomic E-state index is 0.135. The Morgan fingerprint density at radius 1 is 1.18 bits per heavy atom. The fourth-order valence-corrected chi connectivity index (χ4v) is 3.32. The smallest absolute Gasteiger partial charge is 0.0772 e. The highest BCUT2D eigenvalue weighted by Gasteiger charge is 2.36. The van der Waals surface area contributed by atoms with Crippen molar-refractivity contribution in [1.29, 1.82) is 0 Å². The van der Waals surface area contributed by atoms with Crippen LogP contribution in [0.3, 0.4) is 0 Å². The first-order valence-corrected chi connectivity index (χ1v) is 7.18. The summed E-state index contributed by atoms with van der Waals surface area (Å²) < 4.78 is 5.66. The predicted molar refractivity (Wildman–Crippen MR) is 74.0 cm³/mol. The Balaban J connectivity index is 2.55. The molecule has 2 N–H and O–H groups in total. The van der Waals surface area contributed by atoms with E-state index in [0.717, 1.165) is 5.92 Å². The van der Waals surface area contributed by atoms with Crippen LogP contribution in [0.4, 0.5) is 0 Å². The van der Waals surface area contributed by atoms with Crippen molar-refractivity contribution in [2.75, 3.05) is 7.11 Å². The summed E-state index contributed by atoms with van der Waals surface area (Å²) in [6.45, 7) is 8.97. The molecule has 0 spiro atoms. The average Bonchev–Trinajstić information content (AvgIpc) is 2.28. The van der Waals surface area contributed by atoms with Gasteiger partial charge in [0.15, 0.2) is 0 Å². The van der Waals surface area contributed by atoms with Crippen LogP contribution in [0.25, 0.3) is 0 Å². The summed E-state index contributed by atoms with van der Waals surface area (Å²) in [5, 5.41) is 0. The summed E-state index contributed by atoms with van der Waals surface area (Å²) in [4.78, 5) is 0. The third-order valence-corrected chi connectivity index (χ3v) is 4.47. The second kappa shape index (κ2) is 6.19. The molecule has 2 heteroatoms. The summed E-state index contributed by atoms with van der Waals surface area (Å²) in [5.41, 5.74) is 6.59. The van der Waals surface area contributed by atoms with E-state index < -0.39 is 0 Å². The molecule has 102 valence electrons. The van der Waals surface area contributed by atoms with Crippen LogP contribution < -0.4 is 5.73 Å². The third-order valence-electron chi connectivity index (χ3n) is 4.47. The summed E-state index contributed by atoms with van der Waals surface area (Å²) in [6.07, 6.45) is 6.79. The third kappa shape index (κ3) is 3.96. The summed E-state index contributed by atoms with van der Waals surface area (Å²) in [6, 6.07) is 0.192. The lowest BCUT2D eigenvalue weighted by molar-refractivity contribution is -0.0217. The topological polar surface area (TPSA) is 35.2 Å². The van der Waals surface area contributed by atoms with Gasteiger partial charge in [0.2, 0.25) is 0 Å². The van der Waals surface area contributed by atoms with Gasteiger partial charge < -0.3 is 10.5 Å². The predicted octanol–water partition coefficient (Wildman–Crippen LogP) is 3.59. The van der Waals surface area contributed by atoms with Gasteiger partial charge in [0.25, 0.3) is 0 Å². The molecular weight excluding hydrogens is 210 g/mol. The van der Waals surface area contributed by atoms with E-state index in [2.05, 4.69) is 27.7 Å². The fourth-order valence-electron chi connectivity index (χ4n) is 3.32. The van der Waals surface area contributed by atoms with Crippen LogP contribution in [-0.2, 0) is 4.74 Å². The van der Waals surface area contributed by atoms with Crippen molar-refractivity contribution in [3.05, 3.63) is 0 Å². The van der Waals surface area contributed by atoms with Crippen LogP contribution in [0.15, 0.2) is 0 Å². The van der Waals surface area contributed by atoms with Crippen molar-refractivity contribution in [2.45, 2.75) is 71.9 Å². The first-order chi connectivity index (χ1) is 7.90. The van der Waals surface area contributed by atoms with Crippen molar-refractivity contribution < 1.29 is 4.74 Å². The van der Waals surface area contributed by atoms with Crippen LogP contribution in [0.5, 0.6) is 0 Å². The standard InChI is InChI=1S/C15H31NO/c1-6-11-7-9-12(10-8-11)13(16)14(17-5)15(2,3)4/h11-14H,6-10,16H2,1-5H3. The number of nitrogens with two attached hydrogens (primary N) is 1. The zero-order valence-corrected chi connectivity index (χ0v) is 12.3. The minimum Gasteiger partial charge on any atom is -0.379 e. The van der Waals surface area contributed by atoms with Crippen molar-refractivity contribution in [2.24, 2.45) is 23.0 Å². The first kappa shape index (κ1) is 15.0. The van der Waals surface area contributed by atoms with Gasteiger partial charge in [0.05, 0.1) is 6.10 Å². The van der Waals surface area contributed by atoms with E-state index in [4.69, 9.17) is 10.5 Å². The molecule has 0 bridgehead atoms. The molecule has 1 aliphatic carbocycles. The lowest BCUT2D eigenvalue weighted by atomic mass is 9.72. The molecular formula is C15H31NO. The van der Waals surface area contributed by atoms with Gasteiger partial charge in [-0.2, -0.15) is 0 Å². The molecule has 0 aromatic rings. The van der Waals surface area contributed by atoms with E-state index in [0.29, 0.717) is 5.92 Å². The number of hydrogen-bond acceptors (Lipinski definition) is 2. The van der Waals surface area contributed by atoms with Crippen LogP contribution in [0.1, 0.15) is 59.8 Å². The molecule has 1 saturated carbocycles. The zero-order chi connectivity index (χ0) is 13.1. The quantitative estimate of drug-likeness (QED) is 0.816. The largest absolute Gasteiger partial charge is 0.379 e.